The number of fused-ring (bicyclic) bond motifs is 1. The third-order valence-electron chi connectivity index (χ3n) is 4.91. The van der Waals surface area contributed by atoms with E-state index in [1.54, 1.807) is 36.2 Å². The maximum Gasteiger partial charge on any atom is 0.264 e. The van der Waals surface area contributed by atoms with E-state index >= 15 is 0 Å². The molecule has 0 saturated carbocycles. The molecule has 1 aliphatic rings. The highest BCUT2D eigenvalue weighted by Crippen LogP contribution is 2.41. The van der Waals surface area contributed by atoms with Gasteiger partial charge in [0.05, 0.1) is 30.6 Å². The zero-order chi connectivity index (χ0) is 20.8. The fourth-order valence-corrected chi connectivity index (χ4v) is 4.77. The molecule has 0 spiro atoms. The largest absolute Gasteiger partial charge is 0.329 e. The lowest BCUT2D eigenvalue weighted by molar-refractivity contribution is 0.0668. The Hall–Kier alpha value is -2.49. The average molecular weight is 435 g/mol. The standard InChI is InChI=1S/C19H19ClN4O4S/c1-19(28-29(2,26)27)8-16(12-3-5-15(20)6-4-12)24(11-19)18(25)14-7-13-10-22-23-17(13)21-9-14/h3-7,9-10,16H,8,11H2,1-2H3,(H,21,22,23)/t16?,19-/m0/s1. The van der Waals surface area contributed by atoms with E-state index in [4.69, 9.17) is 15.8 Å². The summed E-state index contributed by atoms with van der Waals surface area (Å²) in [5, 5.41) is 7.96. The van der Waals surface area contributed by atoms with E-state index in [1.165, 1.54) is 6.20 Å². The minimum Gasteiger partial charge on any atom is -0.329 e. The van der Waals surface area contributed by atoms with Crippen LogP contribution in [0, 0.1) is 0 Å². The first-order chi connectivity index (χ1) is 13.6. The van der Waals surface area contributed by atoms with E-state index < -0.39 is 15.7 Å². The normalized spacial score (nSPS) is 22.3. The Morgan fingerprint density at radius 2 is 2.03 bits per heavy atom. The molecule has 1 saturated heterocycles. The summed E-state index contributed by atoms with van der Waals surface area (Å²) in [6.07, 6.45) is 4.41. The highest BCUT2D eigenvalue weighted by molar-refractivity contribution is 7.86. The second-order valence-corrected chi connectivity index (χ2v) is 9.49. The van der Waals surface area contributed by atoms with Gasteiger partial charge in [-0.2, -0.15) is 13.5 Å². The second-order valence-electron chi connectivity index (χ2n) is 7.47. The molecule has 1 aliphatic heterocycles. The number of benzene rings is 1. The zero-order valence-electron chi connectivity index (χ0n) is 15.8. The van der Waals surface area contributed by atoms with Gasteiger partial charge in [-0.3, -0.25) is 14.1 Å². The van der Waals surface area contributed by atoms with Crippen LogP contribution >= 0.6 is 11.6 Å². The molecule has 3 heterocycles. The van der Waals surface area contributed by atoms with E-state index in [0.29, 0.717) is 28.0 Å². The molecular weight excluding hydrogens is 416 g/mol. The molecule has 1 aromatic carbocycles. The SMILES string of the molecule is C[C@]1(OS(C)(=O)=O)CC(c2ccc(Cl)cc2)N(C(=O)c2cnc3[nH]ncc3c2)C1. The van der Waals surface area contributed by atoms with Crippen molar-refractivity contribution >= 4 is 38.7 Å². The van der Waals surface area contributed by atoms with Crippen molar-refractivity contribution in [1.82, 2.24) is 20.1 Å². The minimum absolute atomic E-state index is 0.121. The third-order valence-corrected chi connectivity index (χ3v) is 5.87. The predicted octanol–water partition coefficient (Wildman–Crippen LogP) is 2.93. The van der Waals surface area contributed by atoms with Crippen molar-refractivity contribution in [2.75, 3.05) is 12.8 Å². The average Bonchev–Trinajstić information content (AvgIpc) is 3.24. The Labute approximate surface area is 173 Å². The van der Waals surface area contributed by atoms with Crippen LogP contribution in [0.2, 0.25) is 5.02 Å². The molecule has 2 aromatic heterocycles. The number of pyridine rings is 1. The summed E-state index contributed by atoms with van der Waals surface area (Å²) in [6, 6.07) is 8.48. The lowest BCUT2D eigenvalue weighted by Crippen LogP contribution is -2.37. The van der Waals surface area contributed by atoms with E-state index in [2.05, 4.69) is 15.2 Å². The van der Waals surface area contributed by atoms with E-state index in [0.717, 1.165) is 11.8 Å². The van der Waals surface area contributed by atoms with Crippen LogP contribution in [0.4, 0.5) is 0 Å². The van der Waals surface area contributed by atoms with Gasteiger partial charge in [0.25, 0.3) is 16.0 Å². The van der Waals surface area contributed by atoms with E-state index in [-0.39, 0.29) is 18.5 Å². The Kier molecular flexibility index (Phi) is 4.84. The van der Waals surface area contributed by atoms with Gasteiger partial charge >= 0.3 is 0 Å². The Balaban J connectivity index is 1.72. The van der Waals surface area contributed by atoms with E-state index in [9.17, 15) is 13.2 Å². The van der Waals surface area contributed by atoms with Crippen molar-refractivity contribution in [2.45, 2.75) is 25.0 Å². The zero-order valence-corrected chi connectivity index (χ0v) is 17.4. The van der Waals surface area contributed by atoms with Crippen LogP contribution in [-0.4, -0.2) is 52.8 Å². The number of hydrogen-bond acceptors (Lipinski definition) is 6. The first-order valence-corrected chi connectivity index (χ1v) is 11.1. The number of rotatable bonds is 4. The molecule has 1 fully saturated rings. The van der Waals surface area contributed by atoms with Crippen molar-refractivity contribution in [2.24, 2.45) is 0 Å². The number of H-pyrrole nitrogens is 1. The number of likely N-dealkylation sites (tertiary alicyclic amines) is 1. The molecule has 3 aromatic rings. The smallest absolute Gasteiger partial charge is 0.264 e. The van der Waals surface area contributed by atoms with Gasteiger partial charge in [-0.25, -0.2) is 4.98 Å². The summed E-state index contributed by atoms with van der Waals surface area (Å²) in [6.45, 7) is 1.82. The van der Waals surface area contributed by atoms with Gasteiger partial charge in [0, 0.05) is 23.0 Å². The van der Waals surface area contributed by atoms with Crippen molar-refractivity contribution in [3.8, 4) is 0 Å². The molecule has 1 unspecified atom stereocenters. The summed E-state index contributed by atoms with van der Waals surface area (Å²) < 4.78 is 28.9. The Bertz CT molecular complexity index is 1180. The maximum atomic E-state index is 13.3. The first-order valence-electron chi connectivity index (χ1n) is 8.90. The van der Waals surface area contributed by atoms with Crippen LogP contribution < -0.4 is 0 Å². The summed E-state index contributed by atoms with van der Waals surface area (Å²) in [5.74, 6) is -0.263. The summed E-state index contributed by atoms with van der Waals surface area (Å²) in [4.78, 5) is 19.2. The fourth-order valence-electron chi connectivity index (χ4n) is 3.80. The molecular formula is C19H19ClN4O4S. The number of amides is 1. The maximum absolute atomic E-state index is 13.3. The summed E-state index contributed by atoms with van der Waals surface area (Å²) >= 11 is 6.00. The quantitative estimate of drug-likeness (QED) is 0.633. The van der Waals surface area contributed by atoms with Crippen LogP contribution in [0.1, 0.15) is 35.3 Å². The lowest BCUT2D eigenvalue weighted by atomic mass is 9.98. The number of carbonyl (C=O) groups is 1. The Morgan fingerprint density at radius 1 is 1.31 bits per heavy atom. The molecule has 1 amide bonds. The minimum atomic E-state index is -3.70. The monoisotopic (exact) mass is 434 g/mol. The number of aromatic amines is 1. The van der Waals surface area contributed by atoms with Gasteiger partial charge in [0.1, 0.15) is 5.60 Å². The molecule has 8 nitrogen and oxygen atoms in total. The molecule has 0 bridgehead atoms. The van der Waals surface area contributed by atoms with Gasteiger partial charge < -0.3 is 4.90 Å². The van der Waals surface area contributed by atoms with Crippen molar-refractivity contribution in [3.63, 3.8) is 0 Å². The molecule has 29 heavy (non-hydrogen) atoms. The van der Waals surface area contributed by atoms with E-state index in [1.807, 2.05) is 12.1 Å². The van der Waals surface area contributed by atoms with Crippen molar-refractivity contribution < 1.29 is 17.4 Å². The van der Waals surface area contributed by atoms with Gasteiger partial charge in [0.2, 0.25) is 0 Å². The van der Waals surface area contributed by atoms with Crippen LogP contribution in [0.3, 0.4) is 0 Å². The molecule has 4 rings (SSSR count). The number of carbonyl (C=O) groups excluding carboxylic acids is 1. The number of aromatic nitrogens is 3. The molecule has 10 heteroatoms. The van der Waals surface area contributed by atoms with Crippen molar-refractivity contribution in [3.05, 3.63) is 58.9 Å². The van der Waals surface area contributed by atoms with Gasteiger partial charge in [-0.1, -0.05) is 23.7 Å². The first kappa shape index (κ1) is 19.8. The predicted molar refractivity (Wildman–Crippen MR) is 108 cm³/mol. The van der Waals surface area contributed by atoms with Crippen LogP contribution in [0.5, 0.6) is 0 Å². The number of nitrogens with zero attached hydrogens (tertiary/aromatic N) is 3. The van der Waals surface area contributed by atoms with Gasteiger partial charge in [-0.05, 0) is 30.7 Å². The number of hydrogen-bond donors (Lipinski definition) is 1. The van der Waals surface area contributed by atoms with Gasteiger partial charge in [0.15, 0.2) is 5.65 Å². The second kappa shape index (κ2) is 7.08. The van der Waals surface area contributed by atoms with Gasteiger partial charge in [-0.15, -0.1) is 0 Å². The lowest BCUT2D eigenvalue weighted by Gasteiger charge is -2.25. The Morgan fingerprint density at radius 3 is 2.72 bits per heavy atom. The van der Waals surface area contributed by atoms with Crippen LogP contribution in [-0.2, 0) is 14.3 Å². The summed E-state index contributed by atoms with van der Waals surface area (Å²) in [7, 11) is -3.70. The molecule has 152 valence electrons. The highest BCUT2D eigenvalue weighted by atomic mass is 35.5. The number of halogens is 1. The molecule has 1 N–H and O–H groups in total. The van der Waals surface area contributed by atoms with Crippen LogP contribution in [0.15, 0.2) is 42.7 Å². The summed E-state index contributed by atoms with van der Waals surface area (Å²) in [5.41, 5.74) is 0.783. The molecule has 2 atom stereocenters. The molecule has 0 radical (unpaired) electrons. The van der Waals surface area contributed by atoms with Crippen molar-refractivity contribution in [1.29, 1.82) is 0 Å². The highest BCUT2D eigenvalue weighted by Gasteiger charge is 2.46. The fraction of sp³-hybridized carbons (Fsp3) is 0.316. The topological polar surface area (TPSA) is 105 Å². The van der Waals surface area contributed by atoms with Crippen LogP contribution in [0.25, 0.3) is 11.0 Å². The molecule has 0 aliphatic carbocycles. The number of nitrogens with one attached hydrogen (secondary N) is 1. The third kappa shape index (κ3) is 4.12.